The number of fused-ring (bicyclic) bond motifs is 1. The van der Waals surface area contributed by atoms with Gasteiger partial charge in [-0.25, -0.2) is 0 Å². The van der Waals surface area contributed by atoms with Crippen LogP contribution in [0, 0.1) is 11.3 Å². The summed E-state index contributed by atoms with van der Waals surface area (Å²) in [6.45, 7) is 0.378. The largest absolute Gasteiger partial charge is 0.307 e. The van der Waals surface area contributed by atoms with Crippen molar-refractivity contribution < 1.29 is 4.79 Å². The van der Waals surface area contributed by atoms with E-state index < -0.39 is 0 Å². The average molecular weight is 300 g/mol. The molecule has 0 aromatic heterocycles. The molecule has 0 unspecified atom stereocenters. The lowest BCUT2D eigenvalue weighted by atomic mass is 10.0. The van der Waals surface area contributed by atoms with Gasteiger partial charge >= 0.3 is 0 Å². The van der Waals surface area contributed by atoms with E-state index in [2.05, 4.69) is 6.07 Å². The number of rotatable bonds is 4. The molecule has 112 valence electrons. The second-order valence-electron chi connectivity index (χ2n) is 5.23. The predicted octanol–water partition coefficient (Wildman–Crippen LogP) is 4.40. The van der Waals surface area contributed by atoms with E-state index in [1.807, 2.05) is 72.8 Å². The molecule has 0 atom stereocenters. The fraction of sp³-hybridized carbons (Fsp3) is 0.100. The van der Waals surface area contributed by atoms with E-state index in [-0.39, 0.29) is 5.91 Å². The number of carbonyl (C=O) groups excluding carboxylic acids is 1. The highest BCUT2D eigenvalue weighted by Gasteiger charge is 2.19. The van der Waals surface area contributed by atoms with Crippen molar-refractivity contribution in [2.75, 3.05) is 11.4 Å². The van der Waals surface area contributed by atoms with Gasteiger partial charge in [0.2, 0.25) is 0 Å². The summed E-state index contributed by atoms with van der Waals surface area (Å²) in [6, 6.07) is 25.2. The molecule has 0 radical (unpaired) electrons. The zero-order valence-electron chi connectivity index (χ0n) is 12.6. The van der Waals surface area contributed by atoms with Crippen molar-refractivity contribution in [2.24, 2.45) is 0 Å². The zero-order chi connectivity index (χ0) is 16.1. The topological polar surface area (TPSA) is 44.1 Å². The van der Waals surface area contributed by atoms with E-state index in [1.54, 1.807) is 4.90 Å². The van der Waals surface area contributed by atoms with Crippen molar-refractivity contribution in [3.05, 3.63) is 78.4 Å². The normalized spacial score (nSPS) is 10.2. The van der Waals surface area contributed by atoms with Gasteiger partial charge in [0, 0.05) is 17.8 Å². The van der Waals surface area contributed by atoms with Crippen LogP contribution in [0.2, 0.25) is 0 Å². The van der Waals surface area contributed by atoms with E-state index in [0.29, 0.717) is 18.5 Å². The molecule has 0 saturated carbocycles. The molecule has 0 spiro atoms. The number of hydrogen-bond donors (Lipinski definition) is 0. The van der Waals surface area contributed by atoms with Crippen LogP contribution < -0.4 is 4.90 Å². The molecular weight excluding hydrogens is 284 g/mol. The van der Waals surface area contributed by atoms with Gasteiger partial charge in [0.25, 0.3) is 5.91 Å². The Kier molecular flexibility index (Phi) is 4.35. The van der Waals surface area contributed by atoms with E-state index in [0.717, 1.165) is 16.5 Å². The van der Waals surface area contributed by atoms with Crippen LogP contribution in [0.25, 0.3) is 10.8 Å². The lowest BCUT2D eigenvalue weighted by molar-refractivity contribution is 0.0989. The average Bonchev–Trinajstić information content (AvgIpc) is 2.62. The number of hydrogen-bond acceptors (Lipinski definition) is 2. The lowest BCUT2D eigenvalue weighted by Crippen LogP contribution is -2.31. The quantitative estimate of drug-likeness (QED) is 0.716. The molecule has 0 saturated heterocycles. The Morgan fingerprint density at radius 2 is 1.61 bits per heavy atom. The number of nitrogens with zero attached hydrogens (tertiary/aromatic N) is 2. The Morgan fingerprint density at radius 3 is 2.39 bits per heavy atom. The molecule has 3 aromatic carbocycles. The van der Waals surface area contributed by atoms with Crippen LogP contribution in [0.1, 0.15) is 16.8 Å². The molecule has 23 heavy (non-hydrogen) atoms. The third-order valence-corrected chi connectivity index (χ3v) is 3.78. The van der Waals surface area contributed by atoms with Gasteiger partial charge < -0.3 is 4.90 Å². The van der Waals surface area contributed by atoms with E-state index >= 15 is 0 Å². The first-order valence-corrected chi connectivity index (χ1v) is 7.53. The molecule has 0 aliphatic carbocycles. The fourth-order valence-electron chi connectivity index (χ4n) is 2.67. The minimum absolute atomic E-state index is 0.0803. The fourth-order valence-corrected chi connectivity index (χ4v) is 2.67. The summed E-state index contributed by atoms with van der Waals surface area (Å²) in [5.74, 6) is -0.0803. The van der Waals surface area contributed by atoms with Crippen LogP contribution in [-0.2, 0) is 0 Å². The van der Waals surface area contributed by atoms with E-state index in [1.165, 1.54) is 0 Å². The van der Waals surface area contributed by atoms with Gasteiger partial charge in [0.15, 0.2) is 0 Å². The summed E-state index contributed by atoms with van der Waals surface area (Å²) in [7, 11) is 0. The van der Waals surface area contributed by atoms with Crippen LogP contribution >= 0.6 is 0 Å². The van der Waals surface area contributed by atoms with Gasteiger partial charge in [-0.1, -0.05) is 54.6 Å². The molecule has 3 rings (SSSR count). The van der Waals surface area contributed by atoms with Crippen molar-refractivity contribution >= 4 is 22.4 Å². The molecule has 3 aromatic rings. The summed E-state index contributed by atoms with van der Waals surface area (Å²) < 4.78 is 0. The van der Waals surface area contributed by atoms with E-state index in [4.69, 9.17) is 5.26 Å². The minimum atomic E-state index is -0.0803. The van der Waals surface area contributed by atoms with Crippen LogP contribution in [0.15, 0.2) is 72.8 Å². The predicted molar refractivity (Wildman–Crippen MR) is 92.3 cm³/mol. The maximum atomic E-state index is 13.1. The first kappa shape index (κ1) is 14.8. The third-order valence-electron chi connectivity index (χ3n) is 3.78. The molecule has 0 heterocycles. The molecule has 0 fully saturated rings. The lowest BCUT2D eigenvalue weighted by Gasteiger charge is -2.22. The maximum Gasteiger partial charge on any atom is 0.258 e. The Morgan fingerprint density at radius 1 is 0.913 bits per heavy atom. The number of anilines is 1. The van der Waals surface area contributed by atoms with Crippen LogP contribution in [-0.4, -0.2) is 12.5 Å². The van der Waals surface area contributed by atoms with Gasteiger partial charge in [-0.05, 0) is 29.0 Å². The number of nitriles is 1. The first-order valence-electron chi connectivity index (χ1n) is 7.53. The first-order chi connectivity index (χ1) is 11.3. The third kappa shape index (κ3) is 3.07. The number of para-hydroxylation sites is 1. The number of amides is 1. The highest BCUT2D eigenvalue weighted by atomic mass is 16.2. The minimum Gasteiger partial charge on any atom is -0.307 e. The monoisotopic (exact) mass is 300 g/mol. The summed E-state index contributed by atoms with van der Waals surface area (Å²) in [5, 5.41) is 10.9. The summed E-state index contributed by atoms with van der Waals surface area (Å²) in [6.07, 6.45) is 0.297. The van der Waals surface area contributed by atoms with Gasteiger partial charge in [-0.3, -0.25) is 4.79 Å². The van der Waals surface area contributed by atoms with Gasteiger partial charge in [0.1, 0.15) is 0 Å². The second-order valence-corrected chi connectivity index (χ2v) is 5.23. The van der Waals surface area contributed by atoms with Crippen molar-refractivity contribution in [1.82, 2.24) is 0 Å². The number of carbonyl (C=O) groups is 1. The van der Waals surface area contributed by atoms with Gasteiger partial charge in [0.05, 0.1) is 12.5 Å². The Labute approximate surface area is 135 Å². The molecule has 0 aliphatic heterocycles. The van der Waals surface area contributed by atoms with Gasteiger partial charge in [-0.2, -0.15) is 5.26 Å². The van der Waals surface area contributed by atoms with Crippen molar-refractivity contribution in [3.63, 3.8) is 0 Å². The molecule has 1 amide bonds. The number of benzene rings is 3. The van der Waals surface area contributed by atoms with Crippen LogP contribution in [0.5, 0.6) is 0 Å². The maximum absolute atomic E-state index is 13.1. The highest BCUT2D eigenvalue weighted by molar-refractivity contribution is 6.14. The Bertz CT molecular complexity index is 860. The second kappa shape index (κ2) is 6.76. The summed E-state index contributed by atoms with van der Waals surface area (Å²) in [4.78, 5) is 14.8. The molecule has 0 aliphatic rings. The Balaban J connectivity index is 2.05. The molecule has 3 nitrogen and oxygen atoms in total. The Hall–Kier alpha value is -3.12. The van der Waals surface area contributed by atoms with Crippen molar-refractivity contribution in [1.29, 1.82) is 5.26 Å². The zero-order valence-corrected chi connectivity index (χ0v) is 12.6. The molecule has 0 bridgehead atoms. The van der Waals surface area contributed by atoms with Crippen molar-refractivity contribution in [3.8, 4) is 6.07 Å². The van der Waals surface area contributed by atoms with E-state index in [9.17, 15) is 4.79 Å². The van der Waals surface area contributed by atoms with Crippen LogP contribution in [0.4, 0.5) is 5.69 Å². The summed E-state index contributed by atoms with van der Waals surface area (Å²) >= 11 is 0. The molecular formula is C20H16N2O. The standard InChI is InChI=1S/C20H16N2O/c21-14-7-15-22(17-10-2-1-3-11-17)20(23)19-13-6-9-16-8-4-5-12-18(16)19/h1-6,8-13H,7,15H2. The van der Waals surface area contributed by atoms with Crippen LogP contribution in [0.3, 0.4) is 0 Å². The molecule has 3 heteroatoms. The SMILES string of the molecule is N#CCCN(C(=O)c1cccc2ccccc12)c1ccccc1. The summed E-state index contributed by atoms with van der Waals surface area (Å²) in [5.41, 5.74) is 1.46. The molecule has 0 N–H and O–H groups in total. The highest BCUT2D eigenvalue weighted by Crippen LogP contribution is 2.23. The smallest absolute Gasteiger partial charge is 0.258 e. The van der Waals surface area contributed by atoms with Gasteiger partial charge in [-0.15, -0.1) is 0 Å². The van der Waals surface area contributed by atoms with Crippen molar-refractivity contribution in [2.45, 2.75) is 6.42 Å².